The summed E-state index contributed by atoms with van der Waals surface area (Å²) in [5, 5.41) is 0. The van der Waals surface area contributed by atoms with Crippen molar-refractivity contribution in [3.63, 3.8) is 0 Å². The van der Waals surface area contributed by atoms with E-state index in [1.54, 1.807) is 0 Å². The fraction of sp³-hybridized carbons (Fsp3) is 0.805. The van der Waals surface area contributed by atoms with E-state index >= 15 is 0 Å². The topological polar surface area (TPSA) is 78.9 Å². The lowest BCUT2D eigenvalue weighted by Crippen LogP contribution is -2.30. The summed E-state index contributed by atoms with van der Waals surface area (Å²) in [6.45, 7) is 6.55. The number of hydrogen-bond acceptors (Lipinski definition) is 6. The highest BCUT2D eigenvalue weighted by molar-refractivity contribution is 5.71. The Morgan fingerprint density at radius 2 is 0.470 bits per heavy atom. The number of unbranched alkanes of at least 4 members (excludes halogenated alkanes) is 44. The van der Waals surface area contributed by atoms with Gasteiger partial charge in [0.05, 0.1) is 0 Å². The molecule has 0 aliphatic rings. The molecular formula is C77H138O6. The van der Waals surface area contributed by atoms with Crippen LogP contribution in [0.2, 0.25) is 0 Å². The maximum atomic E-state index is 13.0. The molecule has 0 bridgehead atoms. The van der Waals surface area contributed by atoms with Crippen molar-refractivity contribution in [2.24, 2.45) is 0 Å². The first-order valence-corrected chi connectivity index (χ1v) is 36.4. The van der Waals surface area contributed by atoms with Crippen LogP contribution in [0.3, 0.4) is 0 Å². The molecule has 482 valence electrons. The predicted octanol–water partition coefficient (Wildman–Crippen LogP) is 25.2. The predicted molar refractivity (Wildman–Crippen MR) is 362 cm³/mol. The zero-order chi connectivity index (χ0) is 59.9. The number of carbonyl (C=O) groups is 3. The first-order chi connectivity index (χ1) is 41.0. The van der Waals surface area contributed by atoms with Crippen LogP contribution in [0, 0.1) is 0 Å². The van der Waals surface area contributed by atoms with Gasteiger partial charge in [-0.2, -0.15) is 0 Å². The first kappa shape index (κ1) is 79.8. The second kappa shape index (κ2) is 71.3. The number of hydrogen-bond donors (Lipinski definition) is 0. The number of esters is 3. The number of allylic oxidation sites excluding steroid dienone is 12. The number of carbonyl (C=O) groups excluding carboxylic acids is 3. The minimum absolute atomic E-state index is 0.0756. The van der Waals surface area contributed by atoms with E-state index in [2.05, 4.69) is 93.7 Å². The zero-order valence-corrected chi connectivity index (χ0v) is 55.5. The van der Waals surface area contributed by atoms with Gasteiger partial charge in [0.1, 0.15) is 13.2 Å². The van der Waals surface area contributed by atoms with E-state index < -0.39 is 6.10 Å². The van der Waals surface area contributed by atoms with Gasteiger partial charge in [-0.1, -0.05) is 344 Å². The molecule has 0 aliphatic heterocycles. The summed E-state index contributed by atoms with van der Waals surface area (Å²) >= 11 is 0. The van der Waals surface area contributed by atoms with Crippen LogP contribution < -0.4 is 0 Å². The highest BCUT2D eigenvalue weighted by Crippen LogP contribution is 2.18. The minimum Gasteiger partial charge on any atom is -0.462 e. The van der Waals surface area contributed by atoms with Crippen molar-refractivity contribution in [2.45, 2.75) is 386 Å². The molecule has 6 nitrogen and oxygen atoms in total. The van der Waals surface area contributed by atoms with Crippen LogP contribution in [0.25, 0.3) is 0 Å². The van der Waals surface area contributed by atoms with Crippen molar-refractivity contribution >= 4 is 17.9 Å². The Morgan fingerprint density at radius 1 is 0.253 bits per heavy atom. The molecule has 0 heterocycles. The second-order valence-electron chi connectivity index (χ2n) is 24.5. The van der Waals surface area contributed by atoms with Crippen LogP contribution in [0.15, 0.2) is 72.9 Å². The standard InChI is InChI=1S/C77H138O6/c1-4-7-10-13-16-19-22-25-27-29-31-33-35-37-39-41-42-44-46-48-50-52-55-58-61-64-67-70-76(79)82-73-74(72-81-75(78)69-66-63-60-57-54-24-21-18-15-12-9-6-3)83-77(80)71-68-65-62-59-56-53-51-49-47-45-43-40-38-36-34-32-30-28-26-23-20-17-14-11-8-5-2/h7,10,16,18-19,21,25,27,31,33,37,39,74H,4-6,8-9,11-15,17,20,22-24,26,28-30,32,34-36,38,40-73H2,1-3H3/b10-7-,19-16-,21-18-,27-25-,33-31-,39-37-. The largest absolute Gasteiger partial charge is 0.462 e. The SMILES string of the molecule is CC/C=C\C/C=C\C/C=C\C/C=C\C/C=C\CCCCCCCCCCCCCC(=O)OCC(COC(=O)CCCCCCC/C=C\CCCCC)OC(=O)CCCCCCCCCCCCCCCCCCCCCCCCCCCC. The molecule has 83 heavy (non-hydrogen) atoms. The zero-order valence-electron chi connectivity index (χ0n) is 55.5. The van der Waals surface area contributed by atoms with Crippen LogP contribution in [0.5, 0.6) is 0 Å². The minimum atomic E-state index is -0.779. The molecule has 0 aliphatic carbocycles. The Kier molecular flexibility index (Phi) is 68.6. The summed E-state index contributed by atoms with van der Waals surface area (Å²) in [5.74, 6) is -0.864. The summed E-state index contributed by atoms with van der Waals surface area (Å²) in [7, 11) is 0. The third-order valence-corrected chi connectivity index (χ3v) is 16.2. The lowest BCUT2D eigenvalue weighted by molar-refractivity contribution is -0.167. The van der Waals surface area contributed by atoms with Crippen LogP contribution in [-0.4, -0.2) is 37.2 Å². The Balaban J connectivity index is 4.21. The van der Waals surface area contributed by atoms with E-state index in [0.29, 0.717) is 19.3 Å². The Hall–Kier alpha value is -3.15. The third-order valence-electron chi connectivity index (χ3n) is 16.2. The van der Waals surface area contributed by atoms with Crippen molar-refractivity contribution in [1.82, 2.24) is 0 Å². The molecular weight excluding hydrogens is 1020 g/mol. The lowest BCUT2D eigenvalue weighted by atomic mass is 10.0. The molecule has 0 amide bonds. The van der Waals surface area contributed by atoms with Crippen LogP contribution >= 0.6 is 0 Å². The van der Waals surface area contributed by atoms with Gasteiger partial charge in [-0.15, -0.1) is 0 Å². The van der Waals surface area contributed by atoms with Gasteiger partial charge in [-0.25, -0.2) is 0 Å². The molecule has 6 heteroatoms. The fourth-order valence-electron chi connectivity index (χ4n) is 10.8. The van der Waals surface area contributed by atoms with E-state index in [1.807, 2.05) is 0 Å². The summed E-state index contributed by atoms with van der Waals surface area (Å²) in [6, 6.07) is 0. The van der Waals surface area contributed by atoms with Gasteiger partial charge in [0.15, 0.2) is 6.10 Å². The Bertz CT molecular complexity index is 1520. The number of rotatable bonds is 67. The van der Waals surface area contributed by atoms with Crippen LogP contribution in [0.4, 0.5) is 0 Å². The number of ether oxygens (including phenoxy) is 3. The van der Waals surface area contributed by atoms with Gasteiger partial charge in [0.25, 0.3) is 0 Å². The van der Waals surface area contributed by atoms with Gasteiger partial charge in [-0.05, 0) is 89.9 Å². The average molecular weight is 1160 g/mol. The third kappa shape index (κ3) is 69.5. The van der Waals surface area contributed by atoms with E-state index in [-0.39, 0.29) is 31.1 Å². The van der Waals surface area contributed by atoms with E-state index in [0.717, 1.165) is 96.3 Å². The van der Waals surface area contributed by atoms with Gasteiger partial charge in [0.2, 0.25) is 0 Å². The first-order valence-electron chi connectivity index (χ1n) is 36.4. The fourth-order valence-corrected chi connectivity index (χ4v) is 10.8. The molecule has 0 radical (unpaired) electrons. The summed E-state index contributed by atoms with van der Waals surface area (Å²) in [4.78, 5) is 38.4. The maximum absolute atomic E-state index is 13.0. The van der Waals surface area contributed by atoms with E-state index in [1.165, 1.54) is 244 Å². The van der Waals surface area contributed by atoms with Gasteiger partial charge >= 0.3 is 17.9 Å². The highest BCUT2D eigenvalue weighted by Gasteiger charge is 2.19. The van der Waals surface area contributed by atoms with Gasteiger partial charge < -0.3 is 14.2 Å². The molecule has 0 saturated heterocycles. The second-order valence-corrected chi connectivity index (χ2v) is 24.5. The van der Waals surface area contributed by atoms with Crippen molar-refractivity contribution < 1.29 is 28.6 Å². The maximum Gasteiger partial charge on any atom is 0.306 e. The smallest absolute Gasteiger partial charge is 0.306 e. The normalized spacial score (nSPS) is 12.5. The van der Waals surface area contributed by atoms with Crippen molar-refractivity contribution in [3.05, 3.63) is 72.9 Å². The van der Waals surface area contributed by atoms with Crippen LogP contribution in [-0.2, 0) is 28.6 Å². The summed E-state index contributed by atoms with van der Waals surface area (Å²) < 4.78 is 17.0. The van der Waals surface area contributed by atoms with Crippen molar-refractivity contribution in [3.8, 4) is 0 Å². The monoisotopic (exact) mass is 1160 g/mol. The molecule has 0 fully saturated rings. The molecule has 0 spiro atoms. The Labute approximate surface area is 516 Å². The van der Waals surface area contributed by atoms with Crippen molar-refractivity contribution in [1.29, 1.82) is 0 Å². The molecule has 0 N–H and O–H groups in total. The average Bonchev–Trinajstić information content (AvgIpc) is 3.49. The van der Waals surface area contributed by atoms with Crippen LogP contribution in [0.1, 0.15) is 380 Å². The lowest BCUT2D eigenvalue weighted by Gasteiger charge is -2.18. The molecule has 1 unspecified atom stereocenters. The molecule has 0 rings (SSSR count). The van der Waals surface area contributed by atoms with Gasteiger partial charge in [0, 0.05) is 19.3 Å². The summed E-state index contributed by atoms with van der Waals surface area (Å²) in [6.07, 6.45) is 93.7. The molecule has 0 aromatic heterocycles. The quantitative estimate of drug-likeness (QED) is 0.0261. The molecule has 0 saturated carbocycles. The molecule has 0 aromatic carbocycles. The molecule has 1 atom stereocenters. The van der Waals surface area contributed by atoms with E-state index in [9.17, 15) is 14.4 Å². The Morgan fingerprint density at radius 3 is 0.771 bits per heavy atom. The van der Waals surface area contributed by atoms with Crippen molar-refractivity contribution in [2.75, 3.05) is 13.2 Å². The molecule has 0 aromatic rings. The van der Waals surface area contributed by atoms with Gasteiger partial charge in [-0.3, -0.25) is 14.4 Å². The summed E-state index contributed by atoms with van der Waals surface area (Å²) in [5.41, 5.74) is 0. The van der Waals surface area contributed by atoms with E-state index in [4.69, 9.17) is 14.2 Å². The highest BCUT2D eigenvalue weighted by atomic mass is 16.6.